The van der Waals surface area contributed by atoms with Gasteiger partial charge in [-0.05, 0) is 43.9 Å². The monoisotopic (exact) mass is 438 g/mol. The van der Waals surface area contributed by atoms with E-state index >= 15 is 0 Å². The minimum Gasteiger partial charge on any atom is -0.474 e. The summed E-state index contributed by atoms with van der Waals surface area (Å²) in [4.78, 5) is 18.3. The van der Waals surface area contributed by atoms with E-state index in [4.69, 9.17) is 4.74 Å². The van der Waals surface area contributed by atoms with E-state index in [0.29, 0.717) is 48.9 Å². The summed E-state index contributed by atoms with van der Waals surface area (Å²) in [6.45, 7) is 5.11. The van der Waals surface area contributed by atoms with Gasteiger partial charge in [-0.1, -0.05) is 0 Å². The molecular formula is C21H25F3N4O3. The van der Waals surface area contributed by atoms with Gasteiger partial charge in [0.1, 0.15) is 12.0 Å². The molecule has 0 saturated carbocycles. The van der Waals surface area contributed by atoms with E-state index in [0.717, 1.165) is 0 Å². The standard InChI is InChI=1S/C21H25F3N4O3/c1-11(2)31-16-4-3-15(26-27-16)28-7-5-12(6-8-28)19-17-13(10-25-19)9-14(29)20(30)18(17)21(22,23)24/h3-4,11-12,18,20,30H,5-10H2,1-2H3/t18-,20+/m1/s1. The number of hydrogen-bond donors (Lipinski definition) is 1. The van der Waals surface area contributed by atoms with Crippen molar-refractivity contribution in [1.82, 2.24) is 10.2 Å². The third-order valence-electron chi connectivity index (χ3n) is 5.98. The lowest BCUT2D eigenvalue weighted by Crippen LogP contribution is -2.46. The van der Waals surface area contributed by atoms with Crippen LogP contribution in [0.1, 0.15) is 33.1 Å². The molecule has 10 heteroatoms. The number of aliphatic hydroxyl groups excluding tert-OH is 1. The third kappa shape index (κ3) is 4.30. The van der Waals surface area contributed by atoms with Crippen LogP contribution in [0.2, 0.25) is 0 Å². The molecule has 0 unspecified atom stereocenters. The first-order chi connectivity index (χ1) is 14.6. The summed E-state index contributed by atoms with van der Waals surface area (Å²) in [5.74, 6) is -1.98. The number of rotatable bonds is 4. The summed E-state index contributed by atoms with van der Waals surface area (Å²) in [7, 11) is 0. The number of ketones is 1. The average molecular weight is 438 g/mol. The topological polar surface area (TPSA) is 87.9 Å². The fourth-order valence-corrected chi connectivity index (χ4v) is 4.58. The third-order valence-corrected chi connectivity index (χ3v) is 5.98. The van der Waals surface area contributed by atoms with Crippen LogP contribution in [0.3, 0.4) is 0 Å². The number of aliphatic imine (C=N–C) groups is 1. The quantitative estimate of drug-likeness (QED) is 0.778. The van der Waals surface area contributed by atoms with Crippen molar-refractivity contribution in [3.05, 3.63) is 23.3 Å². The van der Waals surface area contributed by atoms with Crippen molar-refractivity contribution in [2.45, 2.75) is 51.5 Å². The lowest BCUT2D eigenvalue weighted by atomic mass is 9.74. The Kier molecular flexibility index (Phi) is 5.76. The molecule has 0 aromatic carbocycles. The predicted molar refractivity (Wildman–Crippen MR) is 107 cm³/mol. The fraction of sp³-hybridized carbons (Fsp3) is 0.619. The molecular weight excluding hydrogens is 413 g/mol. The lowest BCUT2D eigenvalue weighted by Gasteiger charge is -2.36. The molecule has 168 valence electrons. The number of nitrogens with zero attached hydrogens (tertiary/aromatic N) is 4. The van der Waals surface area contributed by atoms with Crippen molar-refractivity contribution in [2.24, 2.45) is 16.8 Å². The van der Waals surface area contributed by atoms with Crippen LogP contribution in [-0.2, 0) is 4.79 Å². The number of anilines is 1. The largest absolute Gasteiger partial charge is 0.474 e. The number of halogens is 3. The van der Waals surface area contributed by atoms with Crippen LogP contribution >= 0.6 is 0 Å². The molecule has 3 heterocycles. The Balaban J connectivity index is 1.46. The zero-order chi connectivity index (χ0) is 22.3. The van der Waals surface area contributed by atoms with Gasteiger partial charge in [0.25, 0.3) is 0 Å². The maximum absolute atomic E-state index is 13.7. The Hall–Kier alpha value is -2.49. The molecule has 1 aliphatic carbocycles. The zero-order valence-electron chi connectivity index (χ0n) is 17.4. The van der Waals surface area contributed by atoms with Gasteiger partial charge in [0, 0.05) is 37.2 Å². The molecule has 0 amide bonds. The minimum absolute atomic E-state index is 0.00333. The smallest absolute Gasteiger partial charge is 0.398 e. The zero-order valence-corrected chi connectivity index (χ0v) is 17.4. The van der Waals surface area contributed by atoms with Crippen LogP contribution < -0.4 is 9.64 Å². The van der Waals surface area contributed by atoms with E-state index in [-0.39, 0.29) is 30.6 Å². The Morgan fingerprint density at radius 1 is 1.19 bits per heavy atom. The second-order valence-corrected chi connectivity index (χ2v) is 8.48. The van der Waals surface area contributed by atoms with Crippen LogP contribution in [0.15, 0.2) is 28.3 Å². The number of alkyl halides is 3. The number of piperidine rings is 1. The molecule has 1 N–H and O–H groups in total. The second-order valence-electron chi connectivity index (χ2n) is 8.48. The number of carbonyl (C=O) groups is 1. The number of carbonyl (C=O) groups excluding carboxylic acids is 1. The van der Waals surface area contributed by atoms with E-state index in [2.05, 4.69) is 15.2 Å². The molecule has 7 nitrogen and oxygen atoms in total. The summed E-state index contributed by atoms with van der Waals surface area (Å²) in [6.07, 6.45) is -5.70. The number of aromatic nitrogens is 2. The molecule has 1 saturated heterocycles. The number of Topliss-reactive ketones (excluding diaryl/α,β-unsaturated/α-hetero) is 1. The number of aliphatic hydroxyl groups is 1. The van der Waals surface area contributed by atoms with E-state index in [1.54, 1.807) is 6.07 Å². The maximum atomic E-state index is 13.7. The van der Waals surface area contributed by atoms with Crippen molar-refractivity contribution in [3.63, 3.8) is 0 Å². The molecule has 1 aromatic heterocycles. The molecule has 2 aliphatic heterocycles. The van der Waals surface area contributed by atoms with Gasteiger partial charge in [0.15, 0.2) is 11.6 Å². The van der Waals surface area contributed by atoms with Gasteiger partial charge >= 0.3 is 6.18 Å². The summed E-state index contributed by atoms with van der Waals surface area (Å²) in [6, 6.07) is 3.57. The summed E-state index contributed by atoms with van der Waals surface area (Å²) in [5.41, 5.74) is 0.866. The Labute approximate surface area is 178 Å². The highest BCUT2D eigenvalue weighted by molar-refractivity contribution is 6.08. The first-order valence-electron chi connectivity index (χ1n) is 10.4. The van der Waals surface area contributed by atoms with E-state index in [1.807, 2.05) is 24.8 Å². The predicted octanol–water partition coefficient (Wildman–Crippen LogP) is 2.74. The van der Waals surface area contributed by atoms with Crippen molar-refractivity contribution in [1.29, 1.82) is 0 Å². The maximum Gasteiger partial charge on any atom is 0.398 e. The van der Waals surface area contributed by atoms with Gasteiger partial charge in [-0.25, -0.2) is 0 Å². The van der Waals surface area contributed by atoms with E-state index in [1.165, 1.54) is 0 Å². The number of hydrogen-bond acceptors (Lipinski definition) is 7. The molecule has 4 rings (SSSR count). The molecule has 1 aromatic rings. The van der Waals surface area contributed by atoms with E-state index < -0.39 is 24.0 Å². The normalized spacial score (nSPS) is 25.2. The van der Waals surface area contributed by atoms with Crippen molar-refractivity contribution in [2.75, 3.05) is 24.5 Å². The van der Waals surface area contributed by atoms with Crippen molar-refractivity contribution < 1.29 is 27.8 Å². The summed E-state index contributed by atoms with van der Waals surface area (Å²) < 4.78 is 46.6. The van der Waals surface area contributed by atoms with Crippen molar-refractivity contribution in [3.8, 4) is 5.88 Å². The highest BCUT2D eigenvalue weighted by Crippen LogP contribution is 2.45. The van der Waals surface area contributed by atoms with Gasteiger partial charge in [-0.3, -0.25) is 9.79 Å². The molecule has 1 fully saturated rings. The molecule has 3 aliphatic rings. The van der Waals surface area contributed by atoms with Gasteiger partial charge in [0.2, 0.25) is 5.88 Å². The number of ether oxygens (including phenoxy) is 1. The van der Waals surface area contributed by atoms with Crippen LogP contribution in [-0.4, -0.2) is 64.8 Å². The average Bonchev–Trinajstić information content (AvgIpc) is 3.11. The van der Waals surface area contributed by atoms with Gasteiger partial charge in [-0.2, -0.15) is 13.2 Å². The van der Waals surface area contributed by atoms with Crippen molar-refractivity contribution >= 4 is 17.3 Å². The SMILES string of the molecule is CC(C)Oc1ccc(N2CCC(C3=NCC4=C3[C@@H](C(F)(F)F)[C@@H](O)C(=O)C4)CC2)nn1. The molecule has 0 bridgehead atoms. The fourth-order valence-electron chi connectivity index (χ4n) is 4.58. The molecule has 0 spiro atoms. The Bertz CT molecular complexity index is 903. The van der Waals surface area contributed by atoms with E-state index in [9.17, 15) is 23.1 Å². The highest BCUT2D eigenvalue weighted by Gasteiger charge is 2.54. The van der Waals surface area contributed by atoms with Crippen LogP contribution in [0.25, 0.3) is 0 Å². The highest BCUT2D eigenvalue weighted by atomic mass is 19.4. The Morgan fingerprint density at radius 2 is 1.90 bits per heavy atom. The van der Waals surface area contributed by atoms with Crippen LogP contribution in [0.5, 0.6) is 5.88 Å². The van der Waals surface area contributed by atoms with Crippen LogP contribution in [0, 0.1) is 11.8 Å². The summed E-state index contributed by atoms with van der Waals surface area (Å²) in [5, 5.41) is 18.3. The van der Waals surface area contributed by atoms with Gasteiger partial charge < -0.3 is 14.7 Å². The first-order valence-corrected chi connectivity index (χ1v) is 10.4. The first kappa shape index (κ1) is 21.7. The molecule has 2 atom stereocenters. The summed E-state index contributed by atoms with van der Waals surface area (Å²) >= 11 is 0. The lowest BCUT2D eigenvalue weighted by molar-refractivity contribution is -0.190. The Morgan fingerprint density at radius 3 is 2.48 bits per heavy atom. The van der Waals surface area contributed by atoms with Gasteiger partial charge in [-0.15, -0.1) is 10.2 Å². The second kappa shape index (κ2) is 8.22. The minimum atomic E-state index is -4.70. The van der Waals surface area contributed by atoms with Gasteiger partial charge in [0.05, 0.1) is 12.6 Å². The molecule has 31 heavy (non-hydrogen) atoms. The molecule has 0 radical (unpaired) electrons. The van der Waals surface area contributed by atoms with Crippen LogP contribution in [0.4, 0.5) is 19.0 Å².